The van der Waals surface area contributed by atoms with E-state index in [1.54, 1.807) is 35.6 Å². The molecular weight excluding hydrogens is 354 g/mol. The number of rotatable bonds is 7. The largest absolute Gasteiger partial charge is 0.488 e. The fourth-order valence-corrected chi connectivity index (χ4v) is 3.60. The molecule has 1 amide bonds. The summed E-state index contributed by atoms with van der Waals surface area (Å²) in [4.78, 5) is 25.0. The lowest BCUT2D eigenvalue weighted by Crippen LogP contribution is -2.53. The highest BCUT2D eigenvalue weighted by Gasteiger charge is 2.36. The number of thiophene rings is 1. The average Bonchev–Trinajstić information content (AvgIpc) is 3.14. The van der Waals surface area contributed by atoms with E-state index in [0.29, 0.717) is 44.0 Å². The third-order valence-corrected chi connectivity index (χ3v) is 5.23. The van der Waals surface area contributed by atoms with E-state index in [1.165, 1.54) is 0 Å². The van der Waals surface area contributed by atoms with Crippen molar-refractivity contribution in [1.82, 2.24) is 5.32 Å². The number of aliphatic carboxylic acids is 1. The normalized spacial score (nSPS) is 16.0. The Labute approximate surface area is 155 Å². The molecule has 1 aliphatic heterocycles. The summed E-state index contributed by atoms with van der Waals surface area (Å²) in [6.07, 6.45) is 0.857. The average molecular weight is 375 g/mol. The smallest absolute Gasteiger partial charge is 0.305 e. The Morgan fingerprint density at radius 3 is 2.73 bits per heavy atom. The summed E-state index contributed by atoms with van der Waals surface area (Å²) in [5, 5.41) is 14.1. The highest BCUT2D eigenvalue weighted by atomic mass is 32.1. The van der Waals surface area contributed by atoms with Crippen molar-refractivity contribution in [2.45, 2.75) is 31.4 Å². The van der Waals surface area contributed by atoms with E-state index >= 15 is 0 Å². The third kappa shape index (κ3) is 4.83. The Bertz CT molecular complexity index is 753. The minimum absolute atomic E-state index is 0.114. The lowest BCUT2D eigenvalue weighted by Gasteiger charge is -2.36. The Balaban J connectivity index is 1.68. The number of nitrogens with one attached hydrogen (secondary N) is 1. The van der Waals surface area contributed by atoms with Gasteiger partial charge in [-0.3, -0.25) is 9.59 Å². The maximum absolute atomic E-state index is 12.7. The summed E-state index contributed by atoms with van der Waals surface area (Å²) in [5.41, 5.74) is -0.320. The summed E-state index contributed by atoms with van der Waals surface area (Å²) >= 11 is 1.61. The predicted octanol–water partition coefficient (Wildman–Crippen LogP) is 3.08. The summed E-state index contributed by atoms with van der Waals surface area (Å²) in [7, 11) is 0. The van der Waals surface area contributed by atoms with Crippen LogP contribution in [-0.2, 0) is 16.1 Å². The standard InChI is InChI=1S/C19H21NO5S/c21-17(22)12-19(6-8-24-9-7-19)20-18(23)14-3-1-4-15(11-14)25-13-16-5-2-10-26-16/h1-5,10-11H,6-9,12-13H2,(H,20,23)(H,21,22). The summed E-state index contributed by atoms with van der Waals surface area (Å²) < 4.78 is 11.1. The van der Waals surface area contributed by atoms with E-state index < -0.39 is 11.5 Å². The fraction of sp³-hybridized carbons (Fsp3) is 0.368. The molecule has 138 valence electrons. The van der Waals surface area contributed by atoms with Crippen molar-refractivity contribution in [1.29, 1.82) is 0 Å². The van der Waals surface area contributed by atoms with Crippen LogP contribution in [0.25, 0.3) is 0 Å². The minimum Gasteiger partial charge on any atom is -0.488 e. The highest BCUT2D eigenvalue weighted by molar-refractivity contribution is 7.09. The first kappa shape index (κ1) is 18.4. The maximum atomic E-state index is 12.7. The van der Waals surface area contributed by atoms with Crippen molar-refractivity contribution < 1.29 is 24.2 Å². The van der Waals surface area contributed by atoms with Crippen LogP contribution in [0.3, 0.4) is 0 Å². The van der Waals surface area contributed by atoms with Crippen molar-refractivity contribution in [2.24, 2.45) is 0 Å². The van der Waals surface area contributed by atoms with Gasteiger partial charge in [0.25, 0.3) is 5.91 Å². The van der Waals surface area contributed by atoms with Crippen LogP contribution in [0.5, 0.6) is 5.75 Å². The van der Waals surface area contributed by atoms with E-state index in [1.807, 2.05) is 17.5 Å². The molecule has 0 spiro atoms. The predicted molar refractivity (Wildman–Crippen MR) is 97.6 cm³/mol. The molecule has 0 saturated carbocycles. The molecule has 1 aromatic heterocycles. The number of carbonyl (C=O) groups excluding carboxylic acids is 1. The van der Waals surface area contributed by atoms with Gasteiger partial charge in [-0.1, -0.05) is 12.1 Å². The van der Waals surface area contributed by atoms with Gasteiger partial charge in [-0.2, -0.15) is 0 Å². The van der Waals surface area contributed by atoms with Gasteiger partial charge in [-0.25, -0.2) is 0 Å². The highest BCUT2D eigenvalue weighted by Crippen LogP contribution is 2.26. The first-order valence-electron chi connectivity index (χ1n) is 8.44. The third-order valence-electron chi connectivity index (χ3n) is 4.38. The van der Waals surface area contributed by atoms with Crippen LogP contribution in [0.1, 0.15) is 34.5 Å². The lowest BCUT2D eigenvalue weighted by atomic mass is 9.86. The summed E-state index contributed by atoms with van der Waals surface area (Å²) in [6.45, 7) is 1.33. The fourth-order valence-electron chi connectivity index (χ4n) is 2.99. The Morgan fingerprint density at radius 2 is 2.04 bits per heavy atom. The van der Waals surface area contributed by atoms with Crippen molar-refractivity contribution >= 4 is 23.2 Å². The zero-order valence-corrected chi connectivity index (χ0v) is 15.1. The van der Waals surface area contributed by atoms with Crippen molar-refractivity contribution in [3.8, 4) is 5.75 Å². The van der Waals surface area contributed by atoms with Gasteiger partial charge in [-0.15, -0.1) is 11.3 Å². The van der Waals surface area contributed by atoms with Gasteiger partial charge in [0.05, 0.1) is 12.0 Å². The summed E-state index contributed by atoms with van der Waals surface area (Å²) in [6, 6.07) is 10.9. The van der Waals surface area contributed by atoms with E-state index in [9.17, 15) is 14.7 Å². The van der Waals surface area contributed by atoms with Crippen LogP contribution in [0.2, 0.25) is 0 Å². The quantitative estimate of drug-likeness (QED) is 0.777. The molecule has 2 N–H and O–H groups in total. The number of carbonyl (C=O) groups is 2. The van der Waals surface area contributed by atoms with E-state index in [0.717, 1.165) is 4.88 Å². The Morgan fingerprint density at radius 1 is 1.23 bits per heavy atom. The molecule has 1 fully saturated rings. The van der Waals surface area contributed by atoms with Gasteiger partial charge < -0.3 is 19.9 Å². The SMILES string of the molecule is O=C(O)CC1(NC(=O)c2cccc(OCc3cccs3)c2)CCOCC1. The zero-order valence-electron chi connectivity index (χ0n) is 14.3. The minimum atomic E-state index is -0.930. The van der Waals surface area contributed by atoms with Crippen LogP contribution in [-0.4, -0.2) is 35.7 Å². The first-order valence-corrected chi connectivity index (χ1v) is 9.32. The number of hydrogen-bond acceptors (Lipinski definition) is 5. The first-order chi connectivity index (χ1) is 12.6. The number of carboxylic acids is 1. The van der Waals surface area contributed by atoms with Gasteiger partial charge in [-0.05, 0) is 42.5 Å². The number of ether oxygens (including phenoxy) is 2. The Kier molecular flexibility index (Phi) is 5.90. The molecule has 1 aliphatic rings. The molecule has 6 nitrogen and oxygen atoms in total. The van der Waals surface area contributed by atoms with E-state index in [2.05, 4.69) is 5.32 Å². The maximum Gasteiger partial charge on any atom is 0.305 e. The number of benzene rings is 1. The second kappa shape index (κ2) is 8.33. The molecule has 2 aromatic rings. The zero-order chi connectivity index (χ0) is 18.4. The molecule has 0 aliphatic carbocycles. The second-order valence-corrected chi connectivity index (χ2v) is 7.35. The van der Waals surface area contributed by atoms with Crippen LogP contribution >= 0.6 is 11.3 Å². The van der Waals surface area contributed by atoms with Gasteiger partial charge in [0.15, 0.2) is 0 Å². The number of carboxylic acid groups (broad SMARTS) is 1. The molecule has 1 saturated heterocycles. The molecule has 1 aromatic carbocycles. The molecule has 0 unspecified atom stereocenters. The number of hydrogen-bond donors (Lipinski definition) is 2. The van der Waals surface area contributed by atoms with Crippen molar-refractivity contribution in [3.05, 3.63) is 52.2 Å². The number of amides is 1. The van der Waals surface area contributed by atoms with E-state index in [4.69, 9.17) is 9.47 Å². The molecule has 3 rings (SSSR count). The lowest BCUT2D eigenvalue weighted by molar-refractivity contribution is -0.139. The molecule has 0 radical (unpaired) electrons. The summed E-state index contributed by atoms with van der Waals surface area (Å²) in [5.74, 6) is -0.625. The van der Waals surface area contributed by atoms with Crippen molar-refractivity contribution in [2.75, 3.05) is 13.2 Å². The monoisotopic (exact) mass is 375 g/mol. The van der Waals surface area contributed by atoms with Gasteiger partial charge >= 0.3 is 5.97 Å². The van der Waals surface area contributed by atoms with Crippen LogP contribution < -0.4 is 10.1 Å². The molecule has 0 bridgehead atoms. The molecule has 0 atom stereocenters. The van der Waals surface area contributed by atoms with Crippen molar-refractivity contribution in [3.63, 3.8) is 0 Å². The molecule has 7 heteroatoms. The molecular formula is C19H21NO5S. The Hall–Kier alpha value is -2.38. The van der Waals surface area contributed by atoms with E-state index in [-0.39, 0.29) is 12.3 Å². The van der Waals surface area contributed by atoms with Gasteiger partial charge in [0.2, 0.25) is 0 Å². The van der Waals surface area contributed by atoms with Gasteiger partial charge in [0.1, 0.15) is 12.4 Å². The van der Waals surface area contributed by atoms with Crippen LogP contribution in [0, 0.1) is 0 Å². The van der Waals surface area contributed by atoms with Gasteiger partial charge in [0, 0.05) is 23.7 Å². The molecule has 26 heavy (non-hydrogen) atoms. The van der Waals surface area contributed by atoms with Crippen LogP contribution in [0.15, 0.2) is 41.8 Å². The molecule has 2 heterocycles. The van der Waals surface area contributed by atoms with Crippen LogP contribution in [0.4, 0.5) is 0 Å². The second-order valence-electron chi connectivity index (χ2n) is 6.31. The topological polar surface area (TPSA) is 84.9 Å².